The quantitative estimate of drug-likeness (QED) is 0.318. The molecule has 1 amide bonds. The van der Waals surface area contributed by atoms with E-state index < -0.39 is 10.0 Å². The maximum atomic E-state index is 13.6. The van der Waals surface area contributed by atoms with Gasteiger partial charge >= 0.3 is 0 Å². The van der Waals surface area contributed by atoms with E-state index in [0.717, 1.165) is 35.3 Å². The Morgan fingerprint density at radius 2 is 1.58 bits per heavy atom. The zero-order valence-corrected chi connectivity index (χ0v) is 22.2. The number of carbonyl (C=O) groups is 1. The SMILES string of the molecule is CCCOc1ccccc1CCCNC(=O)CN(c1ccccc1CC)S(=O)(=O)c1ccc(C)cc1. The van der Waals surface area contributed by atoms with Crippen molar-refractivity contribution in [2.75, 3.05) is 24.0 Å². The van der Waals surface area contributed by atoms with Crippen LogP contribution in [0.25, 0.3) is 0 Å². The molecule has 3 rings (SSSR count). The number of hydrogen-bond donors (Lipinski definition) is 1. The molecule has 0 saturated carbocycles. The zero-order valence-electron chi connectivity index (χ0n) is 21.4. The molecule has 0 aromatic heterocycles. The minimum Gasteiger partial charge on any atom is -0.493 e. The second-order valence-electron chi connectivity index (χ2n) is 8.72. The molecule has 3 aromatic carbocycles. The molecule has 0 fully saturated rings. The molecule has 0 aliphatic heterocycles. The Kier molecular flexibility index (Phi) is 9.94. The van der Waals surface area contributed by atoms with Crippen molar-refractivity contribution in [3.63, 3.8) is 0 Å². The van der Waals surface area contributed by atoms with Gasteiger partial charge in [-0.2, -0.15) is 0 Å². The molecule has 0 bridgehead atoms. The number of para-hydroxylation sites is 2. The molecule has 0 radical (unpaired) electrons. The van der Waals surface area contributed by atoms with Gasteiger partial charge in [-0.3, -0.25) is 9.10 Å². The standard InChI is InChI=1S/C29H36N2O4S/c1-4-21-35-28-15-9-7-12-25(28)13-10-20-30-29(32)22-31(27-14-8-6-11-24(27)5-2)36(33,34)26-18-16-23(3)17-19-26/h6-9,11-12,14-19H,4-5,10,13,20-22H2,1-3H3,(H,30,32). The van der Waals surface area contributed by atoms with Crippen molar-refractivity contribution in [2.24, 2.45) is 0 Å². The smallest absolute Gasteiger partial charge is 0.264 e. The summed E-state index contributed by atoms with van der Waals surface area (Å²) in [6, 6.07) is 21.9. The van der Waals surface area contributed by atoms with Crippen LogP contribution in [0.3, 0.4) is 0 Å². The van der Waals surface area contributed by atoms with Gasteiger partial charge in [-0.25, -0.2) is 8.42 Å². The van der Waals surface area contributed by atoms with Gasteiger partial charge in [0, 0.05) is 6.54 Å². The number of hydrogen-bond acceptors (Lipinski definition) is 4. The molecule has 0 aliphatic carbocycles. The Morgan fingerprint density at radius 3 is 2.28 bits per heavy atom. The highest BCUT2D eigenvalue weighted by atomic mass is 32.2. The third-order valence-corrected chi connectivity index (χ3v) is 7.69. The van der Waals surface area contributed by atoms with Crippen molar-refractivity contribution in [2.45, 2.75) is 51.3 Å². The van der Waals surface area contributed by atoms with E-state index >= 15 is 0 Å². The van der Waals surface area contributed by atoms with E-state index in [1.807, 2.05) is 50.2 Å². The number of nitrogens with one attached hydrogen (secondary N) is 1. The lowest BCUT2D eigenvalue weighted by molar-refractivity contribution is -0.119. The number of anilines is 1. The molecule has 1 N–H and O–H groups in total. The average Bonchev–Trinajstić information content (AvgIpc) is 2.89. The predicted molar refractivity (Wildman–Crippen MR) is 145 cm³/mol. The topological polar surface area (TPSA) is 75.7 Å². The third-order valence-electron chi connectivity index (χ3n) is 5.92. The van der Waals surface area contributed by atoms with Gasteiger partial charge in [0.15, 0.2) is 0 Å². The molecule has 0 heterocycles. The summed E-state index contributed by atoms with van der Waals surface area (Å²) in [6.45, 7) is 6.76. The summed E-state index contributed by atoms with van der Waals surface area (Å²) in [4.78, 5) is 13.1. The van der Waals surface area contributed by atoms with Gasteiger partial charge < -0.3 is 10.1 Å². The first-order valence-corrected chi connectivity index (χ1v) is 14.0. The second kappa shape index (κ2) is 13.1. The van der Waals surface area contributed by atoms with Gasteiger partial charge in [-0.1, -0.05) is 67.9 Å². The highest BCUT2D eigenvalue weighted by Crippen LogP contribution is 2.27. The van der Waals surface area contributed by atoms with Crippen LogP contribution in [0, 0.1) is 6.92 Å². The molecular formula is C29H36N2O4S. The Morgan fingerprint density at radius 1 is 0.917 bits per heavy atom. The summed E-state index contributed by atoms with van der Waals surface area (Å²) >= 11 is 0. The number of aryl methyl sites for hydroxylation is 3. The van der Waals surface area contributed by atoms with Crippen LogP contribution in [0.2, 0.25) is 0 Å². The summed E-state index contributed by atoms with van der Waals surface area (Å²) < 4.78 is 34.3. The summed E-state index contributed by atoms with van der Waals surface area (Å²) in [7, 11) is -3.93. The van der Waals surface area contributed by atoms with Gasteiger partial charge in [-0.05, 0) is 68.0 Å². The van der Waals surface area contributed by atoms with Crippen molar-refractivity contribution < 1.29 is 17.9 Å². The van der Waals surface area contributed by atoms with Crippen LogP contribution in [0.1, 0.15) is 43.4 Å². The molecule has 6 nitrogen and oxygen atoms in total. The molecule has 7 heteroatoms. The largest absolute Gasteiger partial charge is 0.493 e. The molecule has 0 spiro atoms. The molecule has 36 heavy (non-hydrogen) atoms. The van der Waals surface area contributed by atoms with Crippen molar-refractivity contribution in [1.82, 2.24) is 5.32 Å². The van der Waals surface area contributed by atoms with Crippen molar-refractivity contribution in [3.8, 4) is 5.75 Å². The molecule has 0 aliphatic rings. The monoisotopic (exact) mass is 508 g/mol. The minimum absolute atomic E-state index is 0.162. The van der Waals surface area contributed by atoms with Crippen LogP contribution in [0.4, 0.5) is 5.69 Å². The summed E-state index contributed by atoms with van der Waals surface area (Å²) in [6.07, 6.45) is 3.06. The number of sulfonamides is 1. The van der Waals surface area contributed by atoms with Gasteiger partial charge in [0.2, 0.25) is 5.91 Å². The van der Waals surface area contributed by atoms with Crippen LogP contribution in [0.5, 0.6) is 5.75 Å². The fourth-order valence-electron chi connectivity index (χ4n) is 3.95. The highest BCUT2D eigenvalue weighted by molar-refractivity contribution is 7.92. The maximum Gasteiger partial charge on any atom is 0.264 e. The summed E-state index contributed by atoms with van der Waals surface area (Å²) in [5.74, 6) is 0.532. The normalized spacial score (nSPS) is 11.2. The summed E-state index contributed by atoms with van der Waals surface area (Å²) in [5.41, 5.74) is 3.46. The first-order valence-electron chi connectivity index (χ1n) is 12.5. The Labute approximate surface area is 215 Å². The van der Waals surface area contributed by atoms with E-state index in [4.69, 9.17) is 4.74 Å². The van der Waals surface area contributed by atoms with E-state index in [1.54, 1.807) is 36.4 Å². The number of ether oxygens (including phenoxy) is 1. The maximum absolute atomic E-state index is 13.6. The van der Waals surface area contributed by atoms with Gasteiger partial charge in [-0.15, -0.1) is 0 Å². The lowest BCUT2D eigenvalue weighted by Crippen LogP contribution is -2.41. The fourth-order valence-corrected chi connectivity index (χ4v) is 5.41. The first-order chi connectivity index (χ1) is 17.4. The van der Waals surface area contributed by atoms with Crippen LogP contribution in [0.15, 0.2) is 77.7 Å². The molecule has 0 atom stereocenters. The van der Waals surface area contributed by atoms with Crippen LogP contribution < -0.4 is 14.4 Å². The number of nitrogens with zero attached hydrogens (tertiary/aromatic N) is 1. The number of amides is 1. The number of carbonyl (C=O) groups excluding carboxylic acids is 1. The Balaban J connectivity index is 1.71. The highest BCUT2D eigenvalue weighted by Gasteiger charge is 2.28. The average molecular weight is 509 g/mol. The third kappa shape index (κ3) is 7.10. The van der Waals surface area contributed by atoms with Crippen molar-refractivity contribution in [3.05, 3.63) is 89.5 Å². The van der Waals surface area contributed by atoms with E-state index in [-0.39, 0.29) is 17.3 Å². The Hall–Kier alpha value is -3.32. The first kappa shape index (κ1) is 27.3. The lowest BCUT2D eigenvalue weighted by atomic mass is 10.1. The number of benzene rings is 3. The van der Waals surface area contributed by atoms with E-state index in [1.165, 1.54) is 4.31 Å². The molecule has 0 unspecified atom stereocenters. The Bertz CT molecular complexity index is 1240. The predicted octanol–water partition coefficient (Wildman–Crippen LogP) is 5.29. The second-order valence-corrected chi connectivity index (χ2v) is 10.6. The van der Waals surface area contributed by atoms with Crippen LogP contribution in [-0.4, -0.2) is 34.0 Å². The van der Waals surface area contributed by atoms with Crippen molar-refractivity contribution >= 4 is 21.6 Å². The summed E-state index contributed by atoms with van der Waals surface area (Å²) in [5, 5.41) is 2.90. The number of rotatable bonds is 13. The van der Waals surface area contributed by atoms with E-state index in [0.29, 0.717) is 31.7 Å². The molecular weight excluding hydrogens is 472 g/mol. The lowest BCUT2D eigenvalue weighted by Gasteiger charge is -2.26. The molecule has 3 aromatic rings. The van der Waals surface area contributed by atoms with E-state index in [9.17, 15) is 13.2 Å². The molecule has 0 saturated heterocycles. The van der Waals surface area contributed by atoms with Gasteiger partial charge in [0.05, 0.1) is 17.2 Å². The van der Waals surface area contributed by atoms with Crippen LogP contribution >= 0.6 is 0 Å². The fraction of sp³-hybridized carbons (Fsp3) is 0.345. The molecule has 192 valence electrons. The zero-order chi connectivity index (χ0) is 26.0. The van der Waals surface area contributed by atoms with Gasteiger partial charge in [0.25, 0.3) is 10.0 Å². The van der Waals surface area contributed by atoms with Crippen LogP contribution in [-0.2, 0) is 27.7 Å². The minimum atomic E-state index is -3.93. The van der Waals surface area contributed by atoms with E-state index in [2.05, 4.69) is 12.2 Å². The van der Waals surface area contributed by atoms with Gasteiger partial charge in [0.1, 0.15) is 12.3 Å². The van der Waals surface area contributed by atoms with Crippen molar-refractivity contribution in [1.29, 1.82) is 0 Å².